The predicted molar refractivity (Wildman–Crippen MR) is 63.7 cm³/mol. The lowest BCUT2D eigenvalue weighted by Crippen LogP contribution is -2.61. The second-order valence-electron chi connectivity index (χ2n) is 5.35. The van der Waals surface area contributed by atoms with Crippen LogP contribution in [0.4, 0.5) is 0 Å². The Morgan fingerprint density at radius 2 is 2.12 bits per heavy atom. The highest BCUT2D eigenvalue weighted by Gasteiger charge is 2.48. The topological polar surface area (TPSA) is 72.3 Å². The van der Waals surface area contributed by atoms with E-state index in [1.54, 1.807) is 0 Å². The molecule has 1 heterocycles. The summed E-state index contributed by atoms with van der Waals surface area (Å²) in [5.41, 5.74) is 10.9. The average Bonchev–Trinajstić information content (AvgIpc) is 3.01. The van der Waals surface area contributed by atoms with Crippen molar-refractivity contribution >= 4 is 5.91 Å². The van der Waals surface area contributed by atoms with Gasteiger partial charge in [-0.15, -0.1) is 0 Å². The van der Waals surface area contributed by atoms with Crippen molar-refractivity contribution in [3.8, 4) is 0 Å². The molecule has 2 fully saturated rings. The molecule has 1 saturated heterocycles. The Hall–Kier alpha value is -0.610. The fraction of sp³-hybridized carbons (Fsp3) is 0.917. The lowest BCUT2D eigenvalue weighted by molar-refractivity contribution is -0.124. The van der Waals surface area contributed by atoms with Gasteiger partial charge < -0.3 is 11.5 Å². The molecule has 0 aromatic carbocycles. The van der Waals surface area contributed by atoms with Crippen molar-refractivity contribution in [2.24, 2.45) is 17.4 Å². The maximum atomic E-state index is 11.6. The Bertz CT molecular complexity index is 277. The molecule has 4 nitrogen and oxygen atoms in total. The van der Waals surface area contributed by atoms with Crippen molar-refractivity contribution in [1.82, 2.24) is 4.90 Å². The van der Waals surface area contributed by atoms with E-state index in [1.807, 2.05) is 0 Å². The molecule has 0 aromatic rings. The van der Waals surface area contributed by atoms with E-state index in [1.165, 1.54) is 12.8 Å². The first-order valence-electron chi connectivity index (χ1n) is 6.40. The van der Waals surface area contributed by atoms with E-state index < -0.39 is 5.54 Å². The van der Waals surface area contributed by atoms with Crippen LogP contribution in [0.5, 0.6) is 0 Å². The fourth-order valence-electron chi connectivity index (χ4n) is 2.91. The first kappa shape index (κ1) is 11.9. The van der Waals surface area contributed by atoms with E-state index in [4.69, 9.17) is 11.5 Å². The second kappa shape index (κ2) is 4.34. The third-order valence-corrected chi connectivity index (χ3v) is 4.20. The first-order chi connectivity index (χ1) is 7.58. The van der Waals surface area contributed by atoms with Gasteiger partial charge in [0.15, 0.2) is 0 Å². The van der Waals surface area contributed by atoms with E-state index >= 15 is 0 Å². The van der Waals surface area contributed by atoms with Crippen LogP contribution in [0.25, 0.3) is 0 Å². The fourth-order valence-corrected chi connectivity index (χ4v) is 2.91. The molecule has 2 atom stereocenters. The second-order valence-corrected chi connectivity index (χ2v) is 5.35. The highest BCUT2D eigenvalue weighted by molar-refractivity contribution is 5.85. The van der Waals surface area contributed by atoms with Gasteiger partial charge in [0, 0.05) is 12.6 Å². The highest BCUT2D eigenvalue weighted by Crippen LogP contribution is 2.39. The highest BCUT2D eigenvalue weighted by atomic mass is 16.1. The zero-order valence-electron chi connectivity index (χ0n) is 10.1. The number of nitrogens with two attached hydrogens (primary N) is 2. The minimum absolute atomic E-state index is 0.322. The number of likely N-dealkylation sites (tertiary alicyclic amines) is 1. The van der Waals surface area contributed by atoms with Crippen molar-refractivity contribution in [1.29, 1.82) is 0 Å². The number of amides is 1. The van der Waals surface area contributed by atoms with Gasteiger partial charge >= 0.3 is 0 Å². The Balaban J connectivity index is 2.02. The summed E-state index contributed by atoms with van der Waals surface area (Å²) in [5.74, 6) is -0.000130. The van der Waals surface area contributed by atoms with Gasteiger partial charge in [-0.05, 0) is 44.6 Å². The van der Waals surface area contributed by atoms with Crippen molar-refractivity contribution in [2.45, 2.75) is 50.6 Å². The maximum Gasteiger partial charge on any atom is 0.239 e. The largest absolute Gasteiger partial charge is 0.368 e. The first-order valence-corrected chi connectivity index (χ1v) is 6.40. The van der Waals surface area contributed by atoms with Gasteiger partial charge in [0.2, 0.25) is 5.91 Å². The summed E-state index contributed by atoms with van der Waals surface area (Å²) in [7, 11) is 0. The standard InChI is InChI=1S/C12H23N3O/c1-2-10-4-3-7-15(10)8-12(14,11(13)16)9-5-6-9/h9-10H,2-8,14H2,1H3,(H2,13,16). The zero-order chi connectivity index (χ0) is 11.8. The molecular formula is C12H23N3O. The van der Waals surface area contributed by atoms with E-state index in [0.29, 0.717) is 18.5 Å². The molecule has 2 unspecified atom stereocenters. The summed E-state index contributed by atoms with van der Waals surface area (Å²) >= 11 is 0. The van der Waals surface area contributed by atoms with Gasteiger partial charge in [-0.3, -0.25) is 9.69 Å². The molecule has 1 aliphatic heterocycles. The summed E-state index contributed by atoms with van der Waals surface area (Å²) < 4.78 is 0. The molecule has 0 radical (unpaired) electrons. The van der Waals surface area contributed by atoms with Gasteiger partial charge in [0.1, 0.15) is 5.54 Å². The molecule has 1 amide bonds. The predicted octanol–water partition coefficient (Wildman–Crippen LogP) is 0.454. The summed E-state index contributed by atoms with van der Waals surface area (Å²) in [6.45, 7) is 3.92. The number of carbonyl (C=O) groups excluding carboxylic acids is 1. The Morgan fingerprint density at radius 3 is 2.62 bits per heavy atom. The van der Waals surface area contributed by atoms with Gasteiger partial charge in [-0.2, -0.15) is 0 Å². The SMILES string of the molecule is CCC1CCCN1CC(N)(C(N)=O)C1CC1. The number of hydrogen-bond donors (Lipinski definition) is 2. The molecule has 92 valence electrons. The van der Waals surface area contributed by atoms with Crippen LogP contribution in [0.2, 0.25) is 0 Å². The van der Waals surface area contributed by atoms with Crippen molar-refractivity contribution in [3.05, 3.63) is 0 Å². The number of primary amides is 1. The van der Waals surface area contributed by atoms with Gasteiger partial charge in [-0.1, -0.05) is 6.92 Å². The number of nitrogens with zero attached hydrogens (tertiary/aromatic N) is 1. The smallest absolute Gasteiger partial charge is 0.239 e. The van der Waals surface area contributed by atoms with Crippen LogP contribution in [0.1, 0.15) is 39.0 Å². The molecule has 0 aromatic heterocycles. The number of carbonyl (C=O) groups is 1. The van der Waals surface area contributed by atoms with Crippen LogP contribution in [0.15, 0.2) is 0 Å². The van der Waals surface area contributed by atoms with Crippen LogP contribution in [0, 0.1) is 5.92 Å². The lowest BCUT2D eigenvalue weighted by Gasteiger charge is -2.34. The Labute approximate surface area is 97.3 Å². The minimum Gasteiger partial charge on any atom is -0.368 e. The third kappa shape index (κ3) is 2.09. The average molecular weight is 225 g/mol. The van der Waals surface area contributed by atoms with E-state index in [0.717, 1.165) is 25.8 Å². The lowest BCUT2D eigenvalue weighted by atomic mass is 9.92. The van der Waals surface area contributed by atoms with Crippen molar-refractivity contribution in [3.63, 3.8) is 0 Å². The summed E-state index contributed by atoms with van der Waals surface area (Å²) in [4.78, 5) is 13.9. The molecule has 0 bridgehead atoms. The molecule has 1 saturated carbocycles. The minimum atomic E-state index is -0.780. The monoisotopic (exact) mass is 225 g/mol. The molecule has 1 aliphatic carbocycles. The van der Waals surface area contributed by atoms with Crippen molar-refractivity contribution in [2.75, 3.05) is 13.1 Å². The molecule has 2 aliphatic rings. The van der Waals surface area contributed by atoms with Gasteiger partial charge in [0.25, 0.3) is 0 Å². The Morgan fingerprint density at radius 1 is 1.44 bits per heavy atom. The number of hydrogen-bond acceptors (Lipinski definition) is 3. The van der Waals surface area contributed by atoms with Crippen molar-refractivity contribution < 1.29 is 4.79 Å². The summed E-state index contributed by atoms with van der Waals surface area (Å²) in [6, 6.07) is 0.598. The quantitative estimate of drug-likeness (QED) is 0.713. The maximum absolute atomic E-state index is 11.6. The summed E-state index contributed by atoms with van der Waals surface area (Å²) in [6.07, 6.45) is 5.71. The van der Waals surface area contributed by atoms with Gasteiger partial charge in [-0.25, -0.2) is 0 Å². The third-order valence-electron chi connectivity index (χ3n) is 4.20. The van der Waals surface area contributed by atoms with Crippen LogP contribution >= 0.6 is 0 Å². The molecule has 4 N–H and O–H groups in total. The normalized spacial score (nSPS) is 30.2. The van der Waals surface area contributed by atoms with Crippen LogP contribution < -0.4 is 11.5 Å². The number of rotatable bonds is 5. The zero-order valence-corrected chi connectivity index (χ0v) is 10.1. The molecule has 16 heavy (non-hydrogen) atoms. The molecule has 2 rings (SSSR count). The van der Waals surface area contributed by atoms with E-state index in [-0.39, 0.29) is 5.91 Å². The van der Waals surface area contributed by atoms with Crippen LogP contribution in [-0.4, -0.2) is 35.5 Å². The molecule has 4 heteroatoms. The Kier molecular flexibility index (Phi) is 3.22. The summed E-state index contributed by atoms with van der Waals surface area (Å²) in [5, 5.41) is 0. The van der Waals surface area contributed by atoms with Crippen LogP contribution in [-0.2, 0) is 4.79 Å². The molecule has 0 spiro atoms. The van der Waals surface area contributed by atoms with E-state index in [2.05, 4.69) is 11.8 Å². The molecular weight excluding hydrogens is 202 g/mol. The van der Waals surface area contributed by atoms with E-state index in [9.17, 15) is 4.79 Å². The van der Waals surface area contributed by atoms with Crippen LogP contribution in [0.3, 0.4) is 0 Å². The van der Waals surface area contributed by atoms with Gasteiger partial charge in [0.05, 0.1) is 0 Å².